The maximum absolute atomic E-state index is 12.4. The number of anilines is 1. The van der Waals surface area contributed by atoms with Crippen molar-refractivity contribution in [1.29, 1.82) is 0 Å². The summed E-state index contributed by atoms with van der Waals surface area (Å²) >= 11 is 1.61. The molecule has 0 unspecified atom stereocenters. The summed E-state index contributed by atoms with van der Waals surface area (Å²) < 4.78 is 0. The summed E-state index contributed by atoms with van der Waals surface area (Å²) in [5.41, 5.74) is 7.39. The molecular formula is C17H21N5OS. The molecule has 24 heavy (non-hydrogen) atoms. The number of aromatic nitrogens is 2. The van der Waals surface area contributed by atoms with Crippen molar-refractivity contribution in [3.8, 4) is 0 Å². The van der Waals surface area contributed by atoms with E-state index in [2.05, 4.69) is 20.2 Å². The molecular weight excluding hydrogens is 322 g/mol. The highest BCUT2D eigenvalue weighted by Gasteiger charge is 2.21. The van der Waals surface area contributed by atoms with Gasteiger partial charge < -0.3 is 11.1 Å². The number of rotatable bonds is 4. The van der Waals surface area contributed by atoms with Crippen molar-refractivity contribution in [2.75, 3.05) is 31.9 Å². The molecule has 1 fully saturated rings. The number of thiophene rings is 1. The second kappa shape index (κ2) is 6.58. The van der Waals surface area contributed by atoms with E-state index in [-0.39, 0.29) is 11.6 Å². The lowest BCUT2D eigenvalue weighted by Gasteiger charge is -2.12. The number of carbonyl (C=O) groups excluding carboxylic acids is 1. The van der Waals surface area contributed by atoms with Crippen LogP contribution in [-0.4, -0.2) is 46.8 Å². The van der Waals surface area contributed by atoms with Crippen LogP contribution in [0.4, 0.5) is 5.82 Å². The first kappa shape index (κ1) is 15.7. The Labute approximate surface area is 144 Å². The van der Waals surface area contributed by atoms with Crippen molar-refractivity contribution in [3.05, 3.63) is 28.4 Å². The summed E-state index contributed by atoms with van der Waals surface area (Å²) in [6.45, 7) is 4.82. The summed E-state index contributed by atoms with van der Waals surface area (Å²) in [5, 5.41) is 4.29. The first-order chi connectivity index (χ1) is 11.7. The molecule has 3 N–H and O–H groups in total. The Balaban J connectivity index is 1.57. The summed E-state index contributed by atoms with van der Waals surface area (Å²) in [5.74, 6) is 0.451. The molecule has 0 spiro atoms. The minimum atomic E-state index is -0.174. The quantitative estimate of drug-likeness (QED) is 0.650. The van der Waals surface area contributed by atoms with E-state index in [1.54, 1.807) is 17.4 Å². The third-order valence-corrected chi connectivity index (χ3v) is 5.78. The Morgan fingerprint density at radius 3 is 3.00 bits per heavy atom. The van der Waals surface area contributed by atoms with E-state index >= 15 is 0 Å². The van der Waals surface area contributed by atoms with E-state index in [0.29, 0.717) is 5.82 Å². The van der Waals surface area contributed by atoms with Crippen LogP contribution < -0.4 is 11.1 Å². The zero-order chi connectivity index (χ0) is 16.5. The Morgan fingerprint density at radius 2 is 2.17 bits per heavy atom. The van der Waals surface area contributed by atoms with Crippen molar-refractivity contribution < 1.29 is 4.79 Å². The Hall–Kier alpha value is -1.83. The van der Waals surface area contributed by atoms with Gasteiger partial charge in [0.1, 0.15) is 10.6 Å². The molecule has 0 saturated carbocycles. The number of nitrogens with zero attached hydrogens (tertiary/aromatic N) is 3. The number of fused-ring (bicyclic) bond motifs is 3. The van der Waals surface area contributed by atoms with E-state index in [9.17, 15) is 4.79 Å². The molecule has 126 valence electrons. The minimum Gasteiger partial charge on any atom is -0.383 e. The van der Waals surface area contributed by atoms with Gasteiger partial charge in [-0.15, -0.1) is 11.3 Å². The molecule has 2 aliphatic rings. The van der Waals surface area contributed by atoms with Crippen LogP contribution in [0.15, 0.2) is 12.2 Å². The molecule has 0 radical (unpaired) electrons. The molecule has 2 aromatic heterocycles. The van der Waals surface area contributed by atoms with Crippen LogP contribution in [0.5, 0.6) is 0 Å². The van der Waals surface area contributed by atoms with Crippen LogP contribution in [0, 0.1) is 0 Å². The molecule has 7 heteroatoms. The van der Waals surface area contributed by atoms with Crippen molar-refractivity contribution in [2.45, 2.75) is 25.8 Å². The average Bonchev–Trinajstić information content (AvgIpc) is 3.21. The third kappa shape index (κ3) is 2.94. The Bertz CT molecular complexity index is 807. The van der Waals surface area contributed by atoms with Crippen LogP contribution in [0.3, 0.4) is 0 Å². The number of hydrogen-bond donors (Lipinski definition) is 2. The second-order valence-corrected chi connectivity index (χ2v) is 7.40. The van der Waals surface area contributed by atoms with Gasteiger partial charge in [-0.3, -0.25) is 9.69 Å². The SMILES string of the molecule is Nc1nc(C(=O)/C=C/CN2CCCC2)nc2sc3c(c12)CCNC3. The van der Waals surface area contributed by atoms with Gasteiger partial charge in [0, 0.05) is 18.0 Å². The number of nitrogen functional groups attached to an aromatic ring is 1. The number of nitrogens with one attached hydrogen (secondary N) is 1. The fourth-order valence-corrected chi connectivity index (χ4v) is 4.61. The molecule has 2 aliphatic heterocycles. The van der Waals surface area contributed by atoms with Crippen LogP contribution in [0.1, 0.15) is 33.9 Å². The van der Waals surface area contributed by atoms with Gasteiger partial charge in [0.15, 0.2) is 0 Å². The lowest BCUT2D eigenvalue weighted by molar-refractivity contribution is 0.103. The van der Waals surface area contributed by atoms with Gasteiger partial charge in [0.05, 0.1) is 5.39 Å². The van der Waals surface area contributed by atoms with E-state index < -0.39 is 0 Å². The number of hydrogen-bond acceptors (Lipinski definition) is 7. The number of carbonyl (C=O) groups is 1. The molecule has 0 aliphatic carbocycles. The molecule has 2 aromatic rings. The topological polar surface area (TPSA) is 84.1 Å². The van der Waals surface area contributed by atoms with E-state index in [1.165, 1.54) is 23.3 Å². The standard InChI is InChI=1S/C17H21N5OS/c18-15-14-11-5-6-19-10-13(11)24-17(14)21-16(20-15)12(23)4-3-9-22-7-1-2-8-22/h3-4,19H,1-2,5-10H2,(H2,18,20,21)/b4-3+. The lowest BCUT2D eigenvalue weighted by Crippen LogP contribution is -2.22. The highest BCUT2D eigenvalue weighted by Crippen LogP contribution is 2.34. The van der Waals surface area contributed by atoms with Crippen LogP contribution in [0.2, 0.25) is 0 Å². The van der Waals surface area contributed by atoms with Crippen molar-refractivity contribution in [3.63, 3.8) is 0 Å². The minimum absolute atomic E-state index is 0.174. The fourth-order valence-electron chi connectivity index (χ4n) is 3.41. The Kier molecular flexibility index (Phi) is 4.30. The Morgan fingerprint density at radius 1 is 1.33 bits per heavy atom. The lowest BCUT2D eigenvalue weighted by atomic mass is 10.1. The average molecular weight is 343 g/mol. The number of ketones is 1. The van der Waals surface area contributed by atoms with E-state index in [4.69, 9.17) is 5.73 Å². The molecule has 1 saturated heterocycles. The summed E-state index contributed by atoms with van der Waals surface area (Å²) in [6.07, 6.45) is 6.91. The number of likely N-dealkylation sites (tertiary alicyclic amines) is 1. The summed E-state index contributed by atoms with van der Waals surface area (Å²) in [7, 11) is 0. The highest BCUT2D eigenvalue weighted by molar-refractivity contribution is 7.19. The zero-order valence-electron chi connectivity index (χ0n) is 13.5. The van der Waals surface area contributed by atoms with Crippen molar-refractivity contribution in [2.24, 2.45) is 0 Å². The smallest absolute Gasteiger partial charge is 0.222 e. The monoisotopic (exact) mass is 343 g/mol. The third-order valence-electron chi connectivity index (χ3n) is 4.65. The fraction of sp³-hybridized carbons (Fsp3) is 0.471. The molecule has 0 bridgehead atoms. The van der Waals surface area contributed by atoms with Crippen LogP contribution in [-0.2, 0) is 13.0 Å². The highest BCUT2D eigenvalue weighted by atomic mass is 32.1. The molecule has 4 rings (SSSR count). The number of nitrogens with two attached hydrogens (primary N) is 1. The summed E-state index contributed by atoms with van der Waals surface area (Å²) in [6, 6.07) is 0. The molecule has 6 nitrogen and oxygen atoms in total. The van der Waals surface area contributed by atoms with E-state index in [1.807, 2.05) is 6.08 Å². The van der Waals surface area contributed by atoms with Gasteiger partial charge in [0.2, 0.25) is 11.6 Å². The van der Waals surface area contributed by atoms with Gasteiger partial charge in [-0.05, 0) is 50.5 Å². The molecule has 0 atom stereocenters. The van der Waals surface area contributed by atoms with E-state index in [0.717, 1.165) is 49.4 Å². The maximum Gasteiger partial charge on any atom is 0.222 e. The largest absolute Gasteiger partial charge is 0.383 e. The number of allylic oxidation sites excluding steroid dienone is 1. The molecule has 0 amide bonds. The van der Waals surface area contributed by atoms with Gasteiger partial charge in [-0.2, -0.15) is 0 Å². The van der Waals surface area contributed by atoms with Crippen molar-refractivity contribution >= 4 is 33.2 Å². The van der Waals surface area contributed by atoms with Crippen LogP contribution in [0.25, 0.3) is 10.2 Å². The van der Waals surface area contributed by atoms with Crippen molar-refractivity contribution in [1.82, 2.24) is 20.2 Å². The molecule has 4 heterocycles. The first-order valence-electron chi connectivity index (χ1n) is 8.44. The predicted molar refractivity (Wildman–Crippen MR) is 96.4 cm³/mol. The van der Waals surface area contributed by atoms with Gasteiger partial charge >= 0.3 is 0 Å². The first-order valence-corrected chi connectivity index (χ1v) is 9.26. The maximum atomic E-state index is 12.4. The predicted octanol–water partition coefficient (Wildman–Crippen LogP) is 1.75. The van der Waals surface area contributed by atoms with Gasteiger partial charge in [0.25, 0.3) is 0 Å². The zero-order valence-corrected chi connectivity index (χ0v) is 14.4. The van der Waals surface area contributed by atoms with Crippen LogP contribution >= 0.6 is 11.3 Å². The van der Waals surface area contributed by atoms with Gasteiger partial charge in [-0.25, -0.2) is 9.97 Å². The molecule has 0 aromatic carbocycles. The normalized spacial score (nSPS) is 18.5. The van der Waals surface area contributed by atoms with Gasteiger partial charge in [-0.1, -0.05) is 6.08 Å². The second-order valence-electron chi connectivity index (χ2n) is 6.32. The summed E-state index contributed by atoms with van der Waals surface area (Å²) in [4.78, 5) is 25.5.